The third-order valence-corrected chi connectivity index (χ3v) is 3.17. The SMILES string of the molecule is NCc1cccc(C(CC(=O)O)c2ccccc2)c1. The van der Waals surface area contributed by atoms with Gasteiger partial charge in [-0.05, 0) is 16.7 Å². The quantitative estimate of drug-likeness (QED) is 0.863. The van der Waals surface area contributed by atoms with Crippen LogP contribution in [-0.2, 0) is 11.3 Å². The Bertz CT molecular complexity index is 552. The van der Waals surface area contributed by atoms with E-state index in [9.17, 15) is 4.79 Å². The van der Waals surface area contributed by atoms with Gasteiger partial charge < -0.3 is 10.8 Å². The molecule has 0 bridgehead atoms. The van der Waals surface area contributed by atoms with Crippen LogP contribution in [0.4, 0.5) is 0 Å². The monoisotopic (exact) mass is 255 g/mol. The van der Waals surface area contributed by atoms with Gasteiger partial charge in [-0.2, -0.15) is 0 Å². The smallest absolute Gasteiger partial charge is 0.304 e. The molecule has 1 unspecified atom stereocenters. The van der Waals surface area contributed by atoms with Gasteiger partial charge in [-0.1, -0.05) is 54.6 Å². The second-order valence-corrected chi connectivity index (χ2v) is 4.51. The molecule has 0 aliphatic rings. The van der Waals surface area contributed by atoms with Crippen LogP contribution in [0.2, 0.25) is 0 Å². The number of carboxylic acid groups (broad SMARTS) is 1. The van der Waals surface area contributed by atoms with E-state index in [4.69, 9.17) is 10.8 Å². The minimum atomic E-state index is -0.799. The van der Waals surface area contributed by atoms with E-state index in [-0.39, 0.29) is 12.3 Å². The number of hydrogen-bond acceptors (Lipinski definition) is 2. The molecule has 0 aliphatic carbocycles. The Balaban J connectivity index is 2.39. The summed E-state index contributed by atoms with van der Waals surface area (Å²) >= 11 is 0. The zero-order chi connectivity index (χ0) is 13.7. The molecular weight excluding hydrogens is 238 g/mol. The third kappa shape index (κ3) is 3.42. The molecule has 0 aromatic heterocycles. The van der Waals surface area contributed by atoms with Crippen molar-refractivity contribution in [3.05, 3.63) is 71.3 Å². The van der Waals surface area contributed by atoms with E-state index in [1.54, 1.807) is 0 Å². The molecule has 19 heavy (non-hydrogen) atoms. The minimum absolute atomic E-state index is 0.0814. The molecule has 2 rings (SSSR count). The van der Waals surface area contributed by atoms with Gasteiger partial charge >= 0.3 is 5.97 Å². The van der Waals surface area contributed by atoms with Gasteiger partial charge in [-0.25, -0.2) is 0 Å². The molecule has 2 aromatic carbocycles. The van der Waals surface area contributed by atoms with Crippen molar-refractivity contribution in [1.29, 1.82) is 0 Å². The molecule has 0 fully saturated rings. The summed E-state index contributed by atoms with van der Waals surface area (Å²) in [5.74, 6) is -0.933. The Morgan fingerprint density at radius 3 is 2.37 bits per heavy atom. The van der Waals surface area contributed by atoms with Crippen LogP contribution in [0.5, 0.6) is 0 Å². The lowest BCUT2D eigenvalue weighted by atomic mass is 9.88. The molecule has 1 atom stereocenters. The van der Waals surface area contributed by atoms with E-state index in [0.29, 0.717) is 6.54 Å². The van der Waals surface area contributed by atoms with Gasteiger partial charge in [0, 0.05) is 12.5 Å². The molecule has 0 heterocycles. The fourth-order valence-electron chi connectivity index (χ4n) is 2.22. The minimum Gasteiger partial charge on any atom is -0.481 e. The van der Waals surface area contributed by atoms with Gasteiger partial charge in [0.05, 0.1) is 6.42 Å². The Morgan fingerprint density at radius 1 is 1.05 bits per heavy atom. The summed E-state index contributed by atoms with van der Waals surface area (Å²) in [5.41, 5.74) is 8.67. The summed E-state index contributed by atoms with van der Waals surface area (Å²) in [4.78, 5) is 11.1. The molecule has 0 saturated carbocycles. The summed E-state index contributed by atoms with van der Waals surface area (Å²) in [6.45, 7) is 0.461. The third-order valence-electron chi connectivity index (χ3n) is 3.17. The van der Waals surface area contributed by atoms with Crippen LogP contribution in [0.15, 0.2) is 54.6 Å². The summed E-state index contributed by atoms with van der Waals surface area (Å²) in [6.07, 6.45) is 0.0814. The topological polar surface area (TPSA) is 63.3 Å². The first-order valence-electron chi connectivity index (χ1n) is 6.26. The van der Waals surface area contributed by atoms with Gasteiger partial charge in [0.2, 0.25) is 0 Å². The molecule has 3 nitrogen and oxygen atoms in total. The first kappa shape index (κ1) is 13.3. The average Bonchev–Trinajstić information content (AvgIpc) is 2.45. The van der Waals surface area contributed by atoms with Crippen molar-refractivity contribution < 1.29 is 9.90 Å². The number of carboxylic acids is 1. The molecule has 0 aliphatic heterocycles. The zero-order valence-electron chi connectivity index (χ0n) is 10.6. The molecule has 3 N–H and O–H groups in total. The van der Waals surface area contributed by atoms with Gasteiger partial charge in [-0.3, -0.25) is 4.79 Å². The second-order valence-electron chi connectivity index (χ2n) is 4.51. The lowest BCUT2D eigenvalue weighted by molar-refractivity contribution is -0.137. The van der Waals surface area contributed by atoms with Crippen LogP contribution in [0.25, 0.3) is 0 Å². The van der Waals surface area contributed by atoms with Crippen molar-refractivity contribution in [3.8, 4) is 0 Å². The lowest BCUT2D eigenvalue weighted by Crippen LogP contribution is -2.08. The van der Waals surface area contributed by atoms with Crippen molar-refractivity contribution in [3.63, 3.8) is 0 Å². The first-order chi connectivity index (χ1) is 9.20. The number of nitrogens with two attached hydrogens (primary N) is 1. The predicted molar refractivity (Wildman–Crippen MR) is 74.9 cm³/mol. The Hall–Kier alpha value is -2.13. The normalized spacial score (nSPS) is 12.1. The van der Waals surface area contributed by atoms with E-state index < -0.39 is 5.97 Å². The maximum absolute atomic E-state index is 11.1. The molecule has 3 heteroatoms. The number of carbonyl (C=O) groups is 1. The van der Waals surface area contributed by atoms with Crippen LogP contribution in [-0.4, -0.2) is 11.1 Å². The van der Waals surface area contributed by atoms with Crippen molar-refractivity contribution >= 4 is 5.97 Å². The largest absolute Gasteiger partial charge is 0.481 e. The van der Waals surface area contributed by atoms with E-state index in [1.165, 1.54) is 0 Å². The fourth-order valence-corrected chi connectivity index (χ4v) is 2.22. The van der Waals surface area contributed by atoms with E-state index in [0.717, 1.165) is 16.7 Å². The van der Waals surface area contributed by atoms with Gasteiger partial charge in [0.15, 0.2) is 0 Å². The highest BCUT2D eigenvalue weighted by molar-refractivity contribution is 5.69. The van der Waals surface area contributed by atoms with E-state index in [2.05, 4.69) is 0 Å². The van der Waals surface area contributed by atoms with E-state index >= 15 is 0 Å². The van der Waals surface area contributed by atoms with Crippen molar-refractivity contribution in [2.75, 3.05) is 0 Å². The van der Waals surface area contributed by atoms with Crippen LogP contribution in [0.3, 0.4) is 0 Å². The van der Waals surface area contributed by atoms with Crippen LogP contribution in [0, 0.1) is 0 Å². The Kier molecular flexibility index (Phi) is 4.31. The lowest BCUT2D eigenvalue weighted by Gasteiger charge is -2.16. The average molecular weight is 255 g/mol. The zero-order valence-corrected chi connectivity index (χ0v) is 10.6. The molecule has 0 spiro atoms. The van der Waals surface area contributed by atoms with Gasteiger partial charge in [-0.15, -0.1) is 0 Å². The predicted octanol–water partition coefficient (Wildman–Crippen LogP) is 2.75. The standard InChI is InChI=1S/C16H17NO2/c17-11-12-5-4-8-14(9-12)15(10-16(18)19)13-6-2-1-3-7-13/h1-9,15H,10-11,17H2,(H,18,19). The molecule has 0 saturated heterocycles. The number of aliphatic carboxylic acids is 1. The summed E-state index contributed by atoms with van der Waals surface area (Å²) in [5, 5.41) is 9.11. The number of hydrogen-bond donors (Lipinski definition) is 2. The summed E-state index contributed by atoms with van der Waals surface area (Å²) < 4.78 is 0. The molecule has 98 valence electrons. The maximum Gasteiger partial charge on any atom is 0.304 e. The van der Waals surface area contributed by atoms with Gasteiger partial charge in [0.25, 0.3) is 0 Å². The second kappa shape index (κ2) is 6.16. The number of benzene rings is 2. The fraction of sp³-hybridized carbons (Fsp3) is 0.188. The Labute approximate surface area is 112 Å². The molecule has 0 amide bonds. The van der Waals surface area contributed by atoms with Crippen molar-refractivity contribution in [2.45, 2.75) is 18.9 Å². The Morgan fingerprint density at radius 2 is 1.74 bits per heavy atom. The van der Waals surface area contributed by atoms with Crippen LogP contribution < -0.4 is 5.73 Å². The summed E-state index contributed by atoms with van der Waals surface area (Å²) in [7, 11) is 0. The van der Waals surface area contributed by atoms with Crippen LogP contribution >= 0.6 is 0 Å². The van der Waals surface area contributed by atoms with Gasteiger partial charge in [0.1, 0.15) is 0 Å². The molecular formula is C16H17NO2. The van der Waals surface area contributed by atoms with Crippen molar-refractivity contribution in [1.82, 2.24) is 0 Å². The summed E-state index contributed by atoms with van der Waals surface area (Å²) in [6, 6.07) is 17.5. The first-order valence-corrected chi connectivity index (χ1v) is 6.26. The maximum atomic E-state index is 11.1. The van der Waals surface area contributed by atoms with Crippen molar-refractivity contribution in [2.24, 2.45) is 5.73 Å². The highest BCUT2D eigenvalue weighted by Crippen LogP contribution is 2.28. The number of rotatable bonds is 5. The molecule has 2 aromatic rings. The highest BCUT2D eigenvalue weighted by Gasteiger charge is 2.17. The highest BCUT2D eigenvalue weighted by atomic mass is 16.4. The molecule has 0 radical (unpaired) electrons. The van der Waals surface area contributed by atoms with Crippen LogP contribution in [0.1, 0.15) is 29.0 Å². The van der Waals surface area contributed by atoms with E-state index in [1.807, 2.05) is 54.6 Å².